The van der Waals surface area contributed by atoms with Crippen LogP contribution in [0.1, 0.15) is 10.6 Å². The van der Waals surface area contributed by atoms with Gasteiger partial charge < -0.3 is 4.90 Å². The highest BCUT2D eigenvalue weighted by atomic mass is 32.2. The number of nitrogens with zero attached hydrogens (tertiary/aromatic N) is 3. The molecule has 0 amide bonds. The average Bonchev–Trinajstić information content (AvgIpc) is 3.02. The SMILES string of the molecule is Cc1ccc(S(=O)(=O)N2CCN(CCc3ccccn3)CC2)s1. The second-order valence-electron chi connectivity index (χ2n) is 5.68. The summed E-state index contributed by atoms with van der Waals surface area (Å²) in [5, 5.41) is 0. The van der Waals surface area contributed by atoms with Crippen LogP contribution in [-0.2, 0) is 16.4 Å². The molecule has 0 bridgehead atoms. The number of sulfonamides is 1. The van der Waals surface area contributed by atoms with E-state index in [4.69, 9.17) is 0 Å². The molecule has 0 unspecified atom stereocenters. The third kappa shape index (κ3) is 3.98. The van der Waals surface area contributed by atoms with Crippen LogP contribution in [0.3, 0.4) is 0 Å². The lowest BCUT2D eigenvalue weighted by Gasteiger charge is -2.33. The standard InChI is InChI=1S/C16H21N3O2S2/c1-14-5-6-16(22-14)23(20,21)19-12-10-18(11-13-19)9-7-15-4-2-3-8-17-15/h2-6,8H,7,9-13H2,1H3. The van der Waals surface area contributed by atoms with Crippen LogP contribution < -0.4 is 0 Å². The minimum absolute atomic E-state index is 0.455. The molecule has 0 N–H and O–H groups in total. The molecule has 5 nitrogen and oxygen atoms in total. The van der Waals surface area contributed by atoms with Gasteiger partial charge in [-0.05, 0) is 31.2 Å². The maximum absolute atomic E-state index is 12.6. The van der Waals surface area contributed by atoms with Gasteiger partial charge in [0.05, 0.1) is 0 Å². The second-order valence-corrected chi connectivity index (χ2v) is 9.13. The lowest BCUT2D eigenvalue weighted by molar-refractivity contribution is 0.190. The van der Waals surface area contributed by atoms with E-state index in [9.17, 15) is 8.42 Å². The summed E-state index contributed by atoms with van der Waals surface area (Å²) in [4.78, 5) is 7.66. The molecule has 0 radical (unpaired) electrons. The fourth-order valence-electron chi connectivity index (χ4n) is 2.69. The van der Waals surface area contributed by atoms with Gasteiger partial charge in [-0.3, -0.25) is 4.98 Å². The van der Waals surface area contributed by atoms with Gasteiger partial charge in [0, 0.05) is 55.9 Å². The Morgan fingerprint density at radius 3 is 2.52 bits per heavy atom. The van der Waals surface area contributed by atoms with Gasteiger partial charge in [0.25, 0.3) is 10.0 Å². The Morgan fingerprint density at radius 1 is 1.13 bits per heavy atom. The van der Waals surface area contributed by atoms with Crippen molar-refractivity contribution in [3.63, 3.8) is 0 Å². The minimum Gasteiger partial charge on any atom is -0.300 e. The van der Waals surface area contributed by atoms with E-state index in [1.807, 2.05) is 37.4 Å². The summed E-state index contributed by atoms with van der Waals surface area (Å²) in [6.07, 6.45) is 2.71. The van der Waals surface area contributed by atoms with Crippen molar-refractivity contribution in [3.05, 3.63) is 47.1 Å². The molecule has 3 heterocycles. The molecule has 124 valence electrons. The van der Waals surface area contributed by atoms with E-state index in [2.05, 4.69) is 9.88 Å². The third-order valence-corrected chi connectivity index (χ3v) is 7.42. The molecular weight excluding hydrogens is 330 g/mol. The molecule has 2 aromatic rings. The van der Waals surface area contributed by atoms with Gasteiger partial charge in [-0.1, -0.05) is 6.07 Å². The van der Waals surface area contributed by atoms with Crippen LogP contribution in [0.4, 0.5) is 0 Å². The topological polar surface area (TPSA) is 53.5 Å². The number of rotatable bonds is 5. The van der Waals surface area contributed by atoms with Crippen molar-refractivity contribution in [1.29, 1.82) is 0 Å². The first-order valence-corrected chi connectivity index (χ1v) is 10.0. The van der Waals surface area contributed by atoms with Crippen LogP contribution in [0.5, 0.6) is 0 Å². The normalized spacial score (nSPS) is 17.4. The molecule has 2 aromatic heterocycles. The Balaban J connectivity index is 1.54. The summed E-state index contributed by atoms with van der Waals surface area (Å²) < 4.78 is 27.3. The van der Waals surface area contributed by atoms with Crippen LogP contribution in [0, 0.1) is 6.92 Å². The summed E-state index contributed by atoms with van der Waals surface area (Å²) in [6.45, 7) is 5.51. The van der Waals surface area contributed by atoms with Gasteiger partial charge in [0.2, 0.25) is 0 Å². The Labute approximate surface area is 141 Å². The molecule has 0 aromatic carbocycles. The Hall–Kier alpha value is -1.28. The molecule has 23 heavy (non-hydrogen) atoms. The molecular formula is C16H21N3O2S2. The van der Waals surface area contributed by atoms with E-state index >= 15 is 0 Å². The molecule has 7 heteroatoms. The van der Waals surface area contributed by atoms with Crippen molar-refractivity contribution in [3.8, 4) is 0 Å². The highest BCUT2D eigenvalue weighted by Crippen LogP contribution is 2.25. The predicted octanol–water partition coefficient (Wildman–Crippen LogP) is 2.00. The first-order valence-electron chi connectivity index (χ1n) is 7.74. The number of hydrogen-bond donors (Lipinski definition) is 0. The van der Waals surface area contributed by atoms with Gasteiger partial charge in [-0.15, -0.1) is 11.3 Å². The molecule has 1 aliphatic rings. The van der Waals surface area contributed by atoms with Crippen LogP contribution >= 0.6 is 11.3 Å². The first-order chi connectivity index (χ1) is 11.1. The van der Waals surface area contributed by atoms with E-state index in [1.165, 1.54) is 11.3 Å². The molecule has 3 rings (SSSR count). The molecule has 0 spiro atoms. The predicted molar refractivity (Wildman–Crippen MR) is 92.2 cm³/mol. The summed E-state index contributed by atoms with van der Waals surface area (Å²) in [5.74, 6) is 0. The van der Waals surface area contributed by atoms with Crippen molar-refractivity contribution in [1.82, 2.24) is 14.2 Å². The van der Waals surface area contributed by atoms with E-state index in [-0.39, 0.29) is 0 Å². The van der Waals surface area contributed by atoms with E-state index in [0.29, 0.717) is 17.3 Å². The number of aryl methyl sites for hydroxylation is 1. The van der Waals surface area contributed by atoms with E-state index in [0.717, 1.165) is 36.6 Å². The van der Waals surface area contributed by atoms with Crippen molar-refractivity contribution in [2.75, 3.05) is 32.7 Å². The van der Waals surface area contributed by atoms with Crippen LogP contribution in [0.2, 0.25) is 0 Å². The Bertz CT molecular complexity index is 736. The third-order valence-electron chi connectivity index (χ3n) is 4.05. The fourth-order valence-corrected chi connectivity index (χ4v) is 5.55. The van der Waals surface area contributed by atoms with Gasteiger partial charge >= 0.3 is 0 Å². The number of aromatic nitrogens is 1. The fraction of sp³-hybridized carbons (Fsp3) is 0.438. The zero-order chi connectivity index (χ0) is 16.3. The van der Waals surface area contributed by atoms with E-state index < -0.39 is 10.0 Å². The molecule has 1 fully saturated rings. The van der Waals surface area contributed by atoms with Crippen molar-refractivity contribution < 1.29 is 8.42 Å². The van der Waals surface area contributed by atoms with Crippen LogP contribution in [-0.4, -0.2) is 55.3 Å². The maximum atomic E-state index is 12.6. The summed E-state index contributed by atoms with van der Waals surface area (Å²) >= 11 is 1.35. The second kappa shape index (κ2) is 7.09. The number of thiophene rings is 1. The largest absolute Gasteiger partial charge is 0.300 e. The lowest BCUT2D eigenvalue weighted by Crippen LogP contribution is -2.48. The number of pyridine rings is 1. The Kier molecular flexibility index (Phi) is 5.11. The quantitative estimate of drug-likeness (QED) is 0.827. The number of hydrogen-bond acceptors (Lipinski definition) is 5. The zero-order valence-corrected chi connectivity index (χ0v) is 14.8. The lowest BCUT2D eigenvalue weighted by atomic mass is 10.2. The van der Waals surface area contributed by atoms with Crippen LogP contribution in [0.15, 0.2) is 40.7 Å². The molecule has 1 saturated heterocycles. The summed E-state index contributed by atoms with van der Waals surface area (Å²) in [7, 11) is -3.32. The first kappa shape index (κ1) is 16.6. The molecule has 0 atom stereocenters. The highest BCUT2D eigenvalue weighted by molar-refractivity contribution is 7.91. The summed E-state index contributed by atoms with van der Waals surface area (Å²) in [5.41, 5.74) is 1.08. The maximum Gasteiger partial charge on any atom is 0.252 e. The van der Waals surface area contributed by atoms with Crippen molar-refractivity contribution in [2.24, 2.45) is 0 Å². The van der Waals surface area contributed by atoms with Gasteiger partial charge in [-0.2, -0.15) is 4.31 Å². The monoisotopic (exact) mass is 351 g/mol. The highest BCUT2D eigenvalue weighted by Gasteiger charge is 2.29. The van der Waals surface area contributed by atoms with Gasteiger partial charge in [0.15, 0.2) is 0 Å². The smallest absolute Gasteiger partial charge is 0.252 e. The van der Waals surface area contributed by atoms with Crippen molar-refractivity contribution in [2.45, 2.75) is 17.6 Å². The number of piperazine rings is 1. The van der Waals surface area contributed by atoms with Crippen LogP contribution in [0.25, 0.3) is 0 Å². The van der Waals surface area contributed by atoms with Gasteiger partial charge in [-0.25, -0.2) is 8.42 Å². The summed E-state index contributed by atoms with van der Waals surface area (Å²) in [6, 6.07) is 9.51. The zero-order valence-electron chi connectivity index (χ0n) is 13.2. The molecule has 0 saturated carbocycles. The van der Waals surface area contributed by atoms with E-state index in [1.54, 1.807) is 10.4 Å². The minimum atomic E-state index is -3.32. The Morgan fingerprint density at radius 2 is 1.91 bits per heavy atom. The van der Waals surface area contributed by atoms with Gasteiger partial charge in [0.1, 0.15) is 4.21 Å². The molecule has 1 aliphatic heterocycles. The van der Waals surface area contributed by atoms with Crippen molar-refractivity contribution >= 4 is 21.4 Å². The molecule has 0 aliphatic carbocycles. The average molecular weight is 351 g/mol.